The maximum atomic E-state index is 13.6. The first-order valence-corrected chi connectivity index (χ1v) is 10.6. The minimum Gasteiger partial charge on any atom is -0.494 e. The van der Waals surface area contributed by atoms with Gasteiger partial charge in [-0.15, -0.1) is 0 Å². The number of nitrogens with zero attached hydrogens (tertiary/aromatic N) is 1. The highest BCUT2D eigenvalue weighted by Crippen LogP contribution is 2.25. The van der Waals surface area contributed by atoms with Crippen molar-refractivity contribution in [2.45, 2.75) is 26.9 Å². The first-order chi connectivity index (χ1) is 15.5. The normalized spacial score (nSPS) is 10.4. The average molecular weight is 434 g/mol. The molecule has 0 heterocycles. The number of carbonyl (C=O) groups excluding carboxylic acids is 1. The lowest BCUT2D eigenvalue weighted by Gasteiger charge is -2.24. The van der Waals surface area contributed by atoms with Gasteiger partial charge in [-0.3, -0.25) is 4.79 Å². The third kappa shape index (κ3) is 6.11. The molecule has 0 aromatic heterocycles. The van der Waals surface area contributed by atoms with Gasteiger partial charge in [-0.25, -0.2) is 4.79 Å². The van der Waals surface area contributed by atoms with Gasteiger partial charge in [0.1, 0.15) is 11.5 Å². The molecule has 32 heavy (non-hydrogen) atoms. The Morgan fingerprint density at radius 3 is 1.78 bits per heavy atom. The van der Waals surface area contributed by atoms with Gasteiger partial charge in [0, 0.05) is 24.7 Å². The molecule has 1 N–H and O–H groups in total. The van der Waals surface area contributed by atoms with Crippen LogP contribution in [0, 0.1) is 0 Å². The highest BCUT2D eigenvalue weighted by atomic mass is 16.5. The van der Waals surface area contributed by atoms with Crippen LogP contribution in [0.3, 0.4) is 0 Å². The molecular weight excluding hydrogens is 406 g/mol. The third-order valence-electron chi connectivity index (χ3n) is 4.83. The zero-order valence-electron chi connectivity index (χ0n) is 18.3. The van der Waals surface area contributed by atoms with Crippen molar-refractivity contribution in [3.8, 4) is 11.5 Å². The van der Waals surface area contributed by atoms with E-state index in [1.54, 1.807) is 47.4 Å². The predicted octanol–water partition coefficient (Wildman–Crippen LogP) is 5.02. The maximum absolute atomic E-state index is 13.6. The topological polar surface area (TPSA) is 76.1 Å². The number of carbonyl (C=O) groups is 2. The van der Waals surface area contributed by atoms with Gasteiger partial charge in [-0.2, -0.15) is 0 Å². The van der Waals surface area contributed by atoms with E-state index in [1.807, 2.05) is 44.2 Å². The zero-order chi connectivity index (χ0) is 22.9. The Labute approximate surface area is 188 Å². The van der Waals surface area contributed by atoms with Crippen molar-refractivity contribution in [2.75, 3.05) is 13.2 Å². The van der Waals surface area contributed by atoms with Gasteiger partial charge in [-0.1, -0.05) is 42.5 Å². The molecule has 3 aromatic carbocycles. The number of rotatable bonds is 10. The summed E-state index contributed by atoms with van der Waals surface area (Å²) in [6.07, 6.45) is 0. The van der Waals surface area contributed by atoms with Crippen molar-refractivity contribution in [1.82, 2.24) is 4.90 Å². The lowest BCUT2D eigenvalue weighted by atomic mass is 10.1. The van der Waals surface area contributed by atoms with Crippen LogP contribution in [-0.4, -0.2) is 35.1 Å². The van der Waals surface area contributed by atoms with Crippen molar-refractivity contribution in [2.24, 2.45) is 0 Å². The molecule has 166 valence electrons. The molecule has 3 rings (SSSR count). The van der Waals surface area contributed by atoms with Crippen molar-refractivity contribution in [3.63, 3.8) is 0 Å². The number of carboxylic acid groups (broad SMARTS) is 1. The van der Waals surface area contributed by atoms with Gasteiger partial charge in [0.2, 0.25) is 0 Å². The molecule has 0 aliphatic carbocycles. The van der Waals surface area contributed by atoms with Gasteiger partial charge in [0.25, 0.3) is 5.91 Å². The summed E-state index contributed by atoms with van der Waals surface area (Å²) in [5.74, 6) is 0.00294. The first-order valence-electron chi connectivity index (χ1n) is 10.6. The molecule has 0 bridgehead atoms. The largest absolute Gasteiger partial charge is 0.494 e. The number of amides is 1. The average Bonchev–Trinajstić information content (AvgIpc) is 2.79. The van der Waals surface area contributed by atoms with Crippen molar-refractivity contribution >= 4 is 11.9 Å². The Balaban J connectivity index is 1.93. The molecule has 0 aliphatic heterocycles. The molecule has 1 amide bonds. The summed E-state index contributed by atoms with van der Waals surface area (Å²) >= 11 is 0. The SMILES string of the molecule is CCOc1cc(OCC)cc(C(=O)N(Cc2ccccc2)Cc2ccc(C(=O)O)cc2)c1. The first kappa shape index (κ1) is 22.9. The molecule has 0 atom stereocenters. The van der Waals surface area contributed by atoms with Crippen LogP contribution < -0.4 is 9.47 Å². The van der Waals surface area contributed by atoms with E-state index in [4.69, 9.17) is 14.6 Å². The molecule has 6 nitrogen and oxygen atoms in total. The Kier molecular flexibility index (Phi) is 7.86. The molecule has 3 aromatic rings. The fourth-order valence-corrected chi connectivity index (χ4v) is 3.35. The maximum Gasteiger partial charge on any atom is 0.335 e. The van der Waals surface area contributed by atoms with Crippen LogP contribution in [0.25, 0.3) is 0 Å². The number of hydrogen-bond donors (Lipinski definition) is 1. The van der Waals surface area contributed by atoms with Crippen molar-refractivity contribution < 1.29 is 24.2 Å². The van der Waals surface area contributed by atoms with Crippen LogP contribution in [0.15, 0.2) is 72.8 Å². The lowest BCUT2D eigenvalue weighted by Crippen LogP contribution is -2.30. The Hall–Kier alpha value is -3.80. The summed E-state index contributed by atoms with van der Waals surface area (Å²) < 4.78 is 11.3. The van der Waals surface area contributed by atoms with Crippen LogP contribution in [-0.2, 0) is 13.1 Å². The quantitative estimate of drug-likeness (QED) is 0.486. The van der Waals surface area contributed by atoms with Gasteiger partial charge in [-0.05, 0) is 49.2 Å². The predicted molar refractivity (Wildman–Crippen MR) is 122 cm³/mol. The molecule has 0 aliphatic rings. The van der Waals surface area contributed by atoms with Gasteiger partial charge < -0.3 is 19.5 Å². The second-order valence-electron chi connectivity index (χ2n) is 7.21. The summed E-state index contributed by atoms with van der Waals surface area (Å²) in [6.45, 7) is 5.47. The van der Waals surface area contributed by atoms with Crippen LogP contribution in [0.2, 0.25) is 0 Å². The van der Waals surface area contributed by atoms with E-state index in [9.17, 15) is 9.59 Å². The number of ether oxygens (including phenoxy) is 2. The molecule has 0 saturated heterocycles. The van der Waals surface area contributed by atoms with Gasteiger partial charge >= 0.3 is 5.97 Å². The zero-order valence-corrected chi connectivity index (χ0v) is 18.3. The number of carboxylic acids is 1. The van der Waals surface area contributed by atoms with E-state index in [1.165, 1.54) is 0 Å². The van der Waals surface area contributed by atoms with E-state index >= 15 is 0 Å². The van der Waals surface area contributed by atoms with E-state index in [-0.39, 0.29) is 11.5 Å². The number of benzene rings is 3. The summed E-state index contributed by atoms with van der Waals surface area (Å²) in [6, 6.07) is 21.5. The van der Waals surface area contributed by atoms with Gasteiger partial charge in [0.05, 0.1) is 18.8 Å². The molecule has 0 unspecified atom stereocenters. The molecular formula is C26H27NO5. The fraction of sp³-hybridized carbons (Fsp3) is 0.231. The van der Waals surface area contributed by atoms with Crippen LogP contribution in [0.4, 0.5) is 0 Å². The summed E-state index contributed by atoms with van der Waals surface area (Å²) in [5.41, 5.74) is 2.51. The van der Waals surface area contributed by atoms with Crippen LogP contribution in [0.1, 0.15) is 45.7 Å². The molecule has 0 saturated carbocycles. The highest BCUT2D eigenvalue weighted by molar-refractivity contribution is 5.95. The van der Waals surface area contributed by atoms with Crippen LogP contribution in [0.5, 0.6) is 11.5 Å². The molecule has 0 fully saturated rings. The molecule has 0 spiro atoms. The second-order valence-corrected chi connectivity index (χ2v) is 7.21. The minimum atomic E-state index is -0.982. The highest BCUT2D eigenvalue weighted by Gasteiger charge is 2.19. The Morgan fingerprint density at radius 2 is 1.28 bits per heavy atom. The smallest absolute Gasteiger partial charge is 0.335 e. The lowest BCUT2D eigenvalue weighted by molar-refractivity contribution is 0.0693. The summed E-state index contributed by atoms with van der Waals surface area (Å²) in [7, 11) is 0. The summed E-state index contributed by atoms with van der Waals surface area (Å²) in [5, 5.41) is 9.14. The second kappa shape index (κ2) is 11.0. The molecule has 0 radical (unpaired) electrons. The summed E-state index contributed by atoms with van der Waals surface area (Å²) in [4.78, 5) is 26.4. The number of hydrogen-bond acceptors (Lipinski definition) is 4. The fourth-order valence-electron chi connectivity index (χ4n) is 3.35. The Morgan fingerprint density at radius 1 is 0.750 bits per heavy atom. The standard InChI is InChI=1S/C26H27NO5/c1-3-31-23-14-22(15-24(16-23)32-4-2)25(28)27(17-19-8-6-5-7-9-19)18-20-10-12-21(13-11-20)26(29)30/h5-16H,3-4,17-18H2,1-2H3,(H,29,30). The van der Waals surface area contributed by atoms with Crippen molar-refractivity contribution in [3.05, 3.63) is 95.1 Å². The van der Waals surface area contributed by atoms with Crippen molar-refractivity contribution in [1.29, 1.82) is 0 Å². The van der Waals surface area contributed by atoms with E-state index in [0.717, 1.165) is 11.1 Å². The monoisotopic (exact) mass is 433 g/mol. The van der Waals surface area contributed by atoms with E-state index in [0.29, 0.717) is 43.4 Å². The minimum absolute atomic E-state index is 0.168. The van der Waals surface area contributed by atoms with Gasteiger partial charge in [0.15, 0.2) is 0 Å². The number of aromatic carboxylic acids is 1. The Bertz CT molecular complexity index is 1020. The van der Waals surface area contributed by atoms with Crippen LogP contribution >= 0.6 is 0 Å². The third-order valence-corrected chi connectivity index (χ3v) is 4.83. The molecule has 6 heteroatoms. The van der Waals surface area contributed by atoms with E-state index in [2.05, 4.69) is 0 Å². The van der Waals surface area contributed by atoms with E-state index < -0.39 is 5.97 Å².